The molecule has 7 nitrogen and oxygen atoms in total. The number of nitrogens with one attached hydrogen (secondary N) is 1. The maximum Gasteiger partial charge on any atom is 0.240 e. The van der Waals surface area contributed by atoms with Gasteiger partial charge < -0.3 is 15.2 Å². The minimum absolute atomic E-state index is 0.0277. The standard InChI is InChI=1S/C14H20N2O5S/c1-20-11-2-4-12(5-3-11)22(18,19)16-10-14(13(15)17)6-8-21-9-7-14/h2-5,16H,6-10H2,1H3,(H2,15,17). The van der Waals surface area contributed by atoms with Crippen molar-refractivity contribution in [2.45, 2.75) is 17.7 Å². The van der Waals surface area contributed by atoms with Gasteiger partial charge in [-0.25, -0.2) is 13.1 Å². The van der Waals surface area contributed by atoms with E-state index in [9.17, 15) is 13.2 Å². The Hall–Kier alpha value is -1.64. The van der Waals surface area contributed by atoms with Crippen LogP contribution in [0.15, 0.2) is 29.2 Å². The van der Waals surface area contributed by atoms with Crippen molar-refractivity contribution in [2.75, 3.05) is 26.9 Å². The van der Waals surface area contributed by atoms with E-state index in [4.69, 9.17) is 15.2 Å². The lowest BCUT2D eigenvalue weighted by Crippen LogP contribution is -2.49. The van der Waals surface area contributed by atoms with Crippen LogP contribution in [0.1, 0.15) is 12.8 Å². The Morgan fingerprint density at radius 1 is 1.32 bits per heavy atom. The quantitative estimate of drug-likeness (QED) is 0.778. The first-order valence-corrected chi connectivity index (χ1v) is 8.39. The highest BCUT2D eigenvalue weighted by Gasteiger charge is 2.39. The minimum Gasteiger partial charge on any atom is -0.497 e. The molecule has 1 aromatic rings. The number of benzene rings is 1. The molecule has 22 heavy (non-hydrogen) atoms. The van der Waals surface area contributed by atoms with Crippen molar-refractivity contribution in [3.05, 3.63) is 24.3 Å². The Balaban J connectivity index is 2.12. The first-order chi connectivity index (χ1) is 10.4. The molecule has 1 aromatic carbocycles. The predicted molar refractivity (Wildman–Crippen MR) is 79.9 cm³/mol. The Bertz CT molecular complexity index is 621. The fourth-order valence-corrected chi connectivity index (χ4v) is 3.47. The number of sulfonamides is 1. The molecular formula is C14H20N2O5S. The van der Waals surface area contributed by atoms with Crippen molar-refractivity contribution < 1.29 is 22.7 Å². The topological polar surface area (TPSA) is 108 Å². The molecule has 0 unspecified atom stereocenters. The van der Waals surface area contributed by atoms with E-state index in [1.165, 1.54) is 19.2 Å². The molecular weight excluding hydrogens is 308 g/mol. The second kappa shape index (κ2) is 6.64. The maximum absolute atomic E-state index is 12.3. The van der Waals surface area contributed by atoms with E-state index in [0.717, 1.165) is 0 Å². The van der Waals surface area contributed by atoms with E-state index in [2.05, 4.69) is 4.72 Å². The Morgan fingerprint density at radius 3 is 2.41 bits per heavy atom. The highest BCUT2D eigenvalue weighted by atomic mass is 32.2. The zero-order valence-corrected chi connectivity index (χ0v) is 13.2. The van der Waals surface area contributed by atoms with Crippen LogP contribution in [0, 0.1) is 5.41 Å². The van der Waals surface area contributed by atoms with E-state index in [-0.39, 0.29) is 11.4 Å². The summed E-state index contributed by atoms with van der Waals surface area (Å²) in [6.45, 7) is 0.764. The number of methoxy groups -OCH3 is 1. The lowest BCUT2D eigenvalue weighted by Gasteiger charge is -2.34. The van der Waals surface area contributed by atoms with Crippen LogP contribution in [0.5, 0.6) is 5.75 Å². The molecule has 1 aliphatic rings. The SMILES string of the molecule is COc1ccc(S(=O)(=O)NCC2(C(N)=O)CCOCC2)cc1. The number of rotatable bonds is 6. The van der Waals surface area contributed by atoms with Gasteiger partial charge in [0.15, 0.2) is 0 Å². The van der Waals surface area contributed by atoms with Gasteiger partial charge in [0, 0.05) is 19.8 Å². The largest absolute Gasteiger partial charge is 0.497 e. The van der Waals surface area contributed by atoms with Gasteiger partial charge in [-0.3, -0.25) is 4.79 Å². The Labute approximate surface area is 129 Å². The van der Waals surface area contributed by atoms with E-state index >= 15 is 0 Å². The van der Waals surface area contributed by atoms with Crippen LogP contribution < -0.4 is 15.2 Å². The number of hydrogen-bond donors (Lipinski definition) is 2. The number of carbonyl (C=O) groups excluding carboxylic acids is 1. The van der Waals surface area contributed by atoms with Gasteiger partial charge in [-0.1, -0.05) is 0 Å². The zero-order valence-electron chi connectivity index (χ0n) is 12.4. The van der Waals surface area contributed by atoms with Crippen molar-refractivity contribution in [1.82, 2.24) is 4.72 Å². The predicted octanol–water partition coefficient (Wildman–Crippen LogP) is 0.256. The fraction of sp³-hybridized carbons (Fsp3) is 0.500. The normalized spacial score (nSPS) is 17.9. The van der Waals surface area contributed by atoms with Crippen molar-refractivity contribution in [1.29, 1.82) is 0 Å². The lowest BCUT2D eigenvalue weighted by molar-refractivity contribution is -0.132. The summed E-state index contributed by atoms with van der Waals surface area (Å²) in [7, 11) is -2.21. The van der Waals surface area contributed by atoms with Crippen LogP contribution in [-0.4, -0.2) is 41.2 Å². The monoisotopic (exact) mass is 328 g/mol. The molecule has 0 spiro atoms. The molecule has 0 aromatic heterocycles. The average molecular weight is 328 g/mol. The fourth-order valence-electron chi connectivity index (χ4n) is 2.34. The molecule has 0 radical (unpaired) electrons. The molecule has 0 saturated carbocycles. The third kappa shape index (κ3) is 3.57. The van der Waals surface area contributed by atoms with Crippen molar-refractivity contribution in [3.8, 4) is 5.75 Å². The smallest absolute Gasteiger partial charge is 0.240 e. The van der Waals surface area contributed by atoms with Crippen LogP contribution in [0.3, 0.4) is 0 Å². The van der Waals surface area contributed by atoms with Crippen LogP contribution >= 0.6 is 0 Å². The highest BCUT2D eigenvalue weighted by Crippen LogP contribution is 2.30. The minimum atomic E-state index is -3.71. The van der Waals surface area contributed by atoms with Gasteiger partial charge in [0.05, 0.1) is 17.4 Å². The van der Waals surface area contributed by atoms with Gasteiger partial charge in [-0.05, 0) is 37.1 Å². The molecule has 1 aliphatic heterocycles. The molecule has 8 heteroatoms. The molecule has 0 atom stereocenters. The molecule has 1 fully saturated rings. The van der Waals surface area contributed by atoms with Gasteiger partial charge in [0.2, 0.25) is 15.9 Å². The van der Waals surface area contributed by atoms with E-state index in [1.54, 1.807) is 12.1 Å². The van der Waals surface area contributed by atoms with Crippen LogP contribution in [0.2, 0.25) is 0 Å². The number of carbonyl (C=O) groups is 1. The number of amides is 1. The first kappa shape index (κ1) is 16.7. The molecule has 1 saturated heterocycles. The summed E-state index contributed by atoms with van der Waals surface area (Å²) in [4.78, 5) is 11.8. The molecule has 0 aliphatic carbocycles. The Kier molecular flexibility index (Phi) is 5.05. The van der Waals surface area contributed by atoms with Crippen molar-refractivity contribution >= 4 is 15.9 Å². The molecule has 122 valence electrons. The van der Waals surface area contributed by atoms with Crippen molar-refractivity contribution in [3.63, 3.8) is 0 Å². The number of hydrogen-bond acceptors (Lipinski definition) is 5. The van der Waals surface area contributed by atoms with Gasteiger partial charge in [0.1, 0.15) is 5.75 Å². The molecule has 2 rings (SSSR count). The van der Waals surface area contributed by atoms with Crippen molar-refractivity contribution in [2.24, 2.45) is 11.1 Å². The lowest BCUT2D eigenvalue weighted by atomic mass is 9.80. The zero-order chi connectivity index (χ0) is 16.2. The third-order valence-electron chi connectivity index (χ3n) is 3.94. The summed E-state index contributed by atoms with van der Waals surface area (Å²) in [6.07, 6.45) is 0.820. The number of primary amides is 1. The summed E-state index contributed by atoms with van der Waals surface area (Å²) in [5.41, 5.74) is 4.57. The summed E-state index contributed by atoms with van der Waals surface area (Å²) < 4.78 is 37.3. The summed E-state index contributed by atoms with van der Waals surface area (Å²) in [6, 6.07) is 6.02. The first-order valence-electron chi connectivity index (χ1n) is 6.91. The summed E-state index contributed by atoms with van der Waals surface area (Å²) in [5, 5.41) is 0. The van der Waals surface area contributed by atoms with Crippen LogP contribution in [0.25, 0.3) is 0 Å². The highest BCUT2D eigenvalue weighted by molar-refractivity contribution is 7.89. The van der Waals surface area contributed by atoms with E-state index < -0.39 is 21.3 Å². The maximum atomic E-state index is 12.3. The number of nitrogens with two attached hydrogens (primary N) is 1. The van der Waals surface area contributed by atoms with Crippen LogP contribution in [-0.2, 0) is 19.6 Å². The van der Waals surface area contributed by atoms with E-state index in [1.807, 2.05) is 0 Å². The second-order valence-corrected chi connectivity index (χ2v) is 7.02. The number of ether oxygens (including phenoxy) is 2. The second-order valence-electron chi connectivity index (χ2n) is 5.26. The van der Waals surface area contributed by atoms with E-state index in [0.29, 0.717) is 31.8 Å². The molecule has 0 bridgehead atoms. The average Bonchev–Trinajstić information content (AvgIpc) is 2.54. The summed E-state index contributed by atoms with van der Waals surface area (Å²) >= 11 is 0. The molecule has 1 amide bonds. The summed E-state index contributed by atoms with van der Waals surface area (Å²) in [5.74, 6) is 0.0604. The third-order valence-corrected chi connectivity index (χ3v) is 5.36. The van der Waals surface area contributed by atoms with Gasteiger partial charge >= 0.3 is 0 Å². The van der Waals surface area contributed by atoms with Gasteiger partial charge in [0.25, 0.3) is 0 Å². The molecule has 3 N–H and O–H groups in total. The van der Waals surface area contributed by atoms with Gasteiger partial charge in [-0.15, -0.1) is 0 Å². The molecule has 1 heterocycles. The Morgan fingerprint density at radius 2 is 1.91 bits per heavy atom. The van der Waals surface area contributed by atoms with Crippen LogP contribution in [0.4, 0.5) is 0 Å². The van der Waals surface area contributed by atoms with Gasteiger partial charge in [-0.2, -0.15) is 0 Å².